The van der Waals surface area contributed by atoms with Gasteiger partial charge in [0, 0.05) is 11.2 Å². The van der Waals surface area contributed by atoms with Crippen LogP contribution in [0.4, 0.5) is 13.2 Å². The minimum Gasteiger partial charge on any atom is -0.453 e. The molecule has 0 radical (unpaired) electrons. The average molecular weight is 333 g/mol. The first-order valence-electron chi connectivity index (χ1n) is 5.41. The maximum Gasteiger partial charge on any atom is 0.420 e. The minimum atomic E-state index is -4.65. The lowest BCUT2D eigenvalue weighted by atomic mass is 10.2. The van der Waals surface area contributed by atoms with E-state index >= 15 is 0 Å². The number of nitrogens with zero attached hydrogens (tertiary/aromatic N) is 2. The standard InChI is InChI=1S/C13H5Cl2F3N2O/c14-8-3-7(6-19)4-9(5-8)21-11-10(13(16,17)18)1-2-20-12(11)15/h1-5H. The van der Waals surface area contributed by atoms with Gasteiger partial charge >= 0.3 is 6.18 Å². The van der Waals surface area contributed by atoms with Gasteiger partial charge in [-0.2, -0.15) is 18.4 Å². The highest BCUT2D eigenvalue weighted by Crippen LogP contribution is 2.41. The SMILES string of the molecule is N#Cc1cc(Cl)cc(Oc2c(C(F)(F)F)ccnc2Cl)c1. The molecule has 3 nitrogen and oxygen atoms in total. The number of hydrogen-bond donors (Lipinski definition) is 0. The Balaban J connectivity index is 2.50. The van der Waals surface area contributed by atoms with E-state index in [2.05, 4.69) is 4.98 Å². The van der Waals surface area contributed by atoms with E-state index in [4.69, 9.17) is 33.2 Å². The summed E-state index contributed by atoms with van der Waals surface area (Å²) in [5, 5.41) is 8.52. The van der Waals surface area contributed by atoms with Gasteiger partial charge in [0.2, 0.25) is 0 Å². The maximum atomic E-state index is 12.9. The molecule has 0 spiro atoms. The number of pyridine rings is 1. The molecule has 8 heteroatoms. The molecule has 0 fully saturated rings. The summed E-state index contributed by atoms with van der Waals surface area (Å²) in [6, 6.07) is 6.43. The van der Waals surface area contributed by atoms with E-state index in [-0.39, 0.29) is 16.3 Å². The van der Waals surface area contributed by atoms with Crippen molar-refractivity contribution in [3.05, 3.63) is 51.8 Å². The lowest BCUT2D eigenvalue weighted by molar-refractivity contribution is -0.138. The molecule has 108 valence electrons. The summed E-state index contributed by atoms with van der Waals surface area (Å²) >= 11 is 11.4. The molecule has 1 aromatic carbocycles. The van der Waals surface area contributed by atoms with Gasteiger partial charge in [0.15, 0.2) is 10.9 Å². The minimum absolute atomic E-state index is 0.0422. The molecule has 0 N–H and O–H groups in total. The molecule has 0 aliphatic rings. The third kappa shape index (κ3) is 3.57. The van der Waals surface area contributed by atoms with Gasteiger partial charge in [-0.1, -0.05) is 23.2 Å². The summed E-state index contributed by atoms with van der Waals surface area (Å²) in [6.45, 7) is 0. The highest BCUT2D eigenvalue weighted by atomic mass is 35.5. The predicted octanol–water partition coefficient (Wildman–Crippen LogP) is 5.07. The van der Waals surface area contributed by atoms with Crippen LogP contribution in [0.1, 0.15) is 11.1 Å². The number of nitriles is 1. The zero-order valence-electron chi connectivity index (χ0n) is 10.1. The number of halogens is 5. The van der Waals surface area contributed by atoms with Gasteiger partial charge in [-0.15, -0.1) is 0 Å². The van der Waals surface area contributed by atoms with E-state index in [1.165, 1.54) is 18.2 Å². The van der Waals surface area contributed by atoms with Crippen molar-refractivity contribution < 1.29 is 17.9 Å². The average Bonchev–Trinajstić information content (AvgIpc) is 2.39. The van der Waals surface area contributed by atoms with Gasteiger partial charge in [-0.25, -0.2) is 4.98 Å². The van der Waals surface area contributed by atoms with E-state index in [9.17, 15) is 13.2 Å². The molecule has 0 bridgehead atoms. The van der Waals surface area contributed by atoms with Crippen molar-refractivity contribution in [2.24, 2.45) is 0 Å². The van der Waals surface area contributed by atoms with E-state index in [0.717, 1.165) is 12.3 Å². The Morgan fingerprint density at radius 3 is 2.52 bits per heavy atom. The summed E-state index contributed by atoms with van der Waals surface area (Å²) < 4.78 is 43.9. The molecule has 0 saturated heterocycles. The van der Waals surface area contributed by atoms with Crippen LogP contribution in [0.25, 0.3) is 0 Å². The van der Waals surface area contributed by atoms with Crippen molar-refractivity contribution in [1.82, 2.24) is 4.98 Å². The second-order valence-electron chi connectivity index (χ2n) is 3.87. The van der Waals surface area contributed by atoms with Crippen LogP contribution in [0.5, 0.6) is 11.5 Å². The summed E-state index contributed by atoms with van der Waals surface area (Å²) in [4.78, 5) is 3.56. The van der Waals surface area contributed by atoms with Gasteiger partial charge < -0.3 is 4.74 Å². The number of alkyl halides is 3. The monoisotopic (exact) mass is 332 g/mol. The summed E-state index contributed by atoms with van der Waals surface area (Å²) in [7, 11) is 0. The summed E-state index contributed by atoms with van der Waals surface area (Å²) in [5.74, 6) is -0.683. The quantitative estimate of drug-likeness (QED) is 0.721. The van der Waals surface area contributed by atoms with Crippen molar-refractivity contribution in [3.63, 3.8) is 0 Å². The molecule has 1 aromatic heterocycles. The molecule has 1 heterocycles. The van der Waals surface area contributed by atoms with E-state index in [1.54, 1.807) is 0 Å². The van der Waals surface area contributed by atoms with Crippen molar-refractivity contribution in [1.29, 1.82) is 5.26 Å². The Bertz CT molecular complexity index is 726. The van der Waals surface area contributed by atoms with Crippen LogP contribution in [0.3, 0.4) is 0 Å². The predicted molar refractivity (Wildman–Crippen MR) is 70.5 cm³/mol. The Hall–Kier alpha value is -1.97. The number of ether oxygens (including phenoxy) is 1. The molecule has 0 atom stereocenters. The lowest BCUT2D eigenvalue weighted by Gasteiger charge is -2.14. The third-order valence-electron chi connectivity index (χ3n) is 2.39. The molecule has 0 saturated carbocycles. The Labute approximate surface area is 127 Å². The van der Waals surface area contributed by atoms with Crippen molar-refractivity contribution >= 4 is 23.2 Å². The smallest absolute Gasteiger partial charge is 0.420 e. The third-order valence-corrected chi connectivity index (χ3v) is 2.87. The first kappa shape index (κ1) is 15.4. The molecule has 21 heavy (non-hydrogen) atoms. The van der Waals surface area contributed by atoms with Gasteiger partial charge in [-0.3, -0.25) is 0 Å². The Kier molecular flexibility index (Phi) is 4.26. The van der Waals surface area contributed by atoms with Gasteiger partial charge in [0.1, 0.15) is 11.3 Å². The topological polar surface area (TPSA) is 45.9 Å². The largest absolute Gasteiger partial charge is 0.453 e. The van der Waals surface area contributed by atoms with Crippen LogP contribution in [-0.4, -0.2) is 4.98 Å². The zero-order valence-corrected chi connectivity index (χ0v) is 11.6. The van der Waals surface area contributed by atoms with E-state index in [1.807, 2.05) is 6.07 Å². The van der Waals surface area contributed by atoms with Gasteiger partial charge in [0.25, 0.3) is 0 Å². The Morgan fingerprint density at radius 2 is 1.90 bits per heavy atom. The van der Waals surface area contributed by atoms with Crippen LogP contribution in [0, 0.1) is 11.3 Å². The summed E-state index contributed by atoms with van der Waals surface area (Å²) in [5.41, 5.74) is -0.924. The van der Waals surface area contributed by atoms with Gasteiger partial charge in [0.05, 0.1) is 11.6 Å². The maximum absolute atomic E-state index is 12.9. The molecular weight excluding hydrogens is 328 g/mol. The van der Waals surface area contributed by atoms with Crippen LogP contribution in [0.15, 0.2) is 30.5 Å². The summed E-state index contributed by atoms with van der Waals surface area (Å²) in [6.07, 6.45) is -3.73. The van der Waals surface area contributed by atoms with Crippen LogP contribution < -0.4 is 4.74 Å². The van der Waals surface area contributed by atoms with Crippen molar-refractivity contribution in [2.75, 3.05) is 0 Å². The molecule has 0 aliphatic carbocycles. The highest BCUT2D eigenvalue weighted by molar-refractivity contribution is 6.31. The van der Waals surface area contributed by atoms with E-state index < -0.39 is 22.6 Å². The number of benzene rings is 1. The Morgan fingerprint density at radius 1 is 1.19 bits per heavy atom. The molecule has 2 rings (SSSR count). The number of rotatable bonds is 2. The fourth-order valence-electron chi connectivity index (χ4n) is 1.55. The van der Waals surface area contributed by atoms with Crippen molar-refractivity contribution in [2.45, 2.75) is 6.18 Å². The van der Waals surface area contributed by atoms with Crippen molar-refractivity contribution in [3.8, 4) is 17.6 Å². The second kappa shape index (κ2) is 5.80. The zero-order chi connectivity index (χ0) is 15.6. The second-order valence-corrected chi connectivity index (χ2v) is 4.66. The molecule has 0 amide bonds. The molecular formula is C13H5Cl2F3N2O. The molecule has 0 aliphatic heterocycles. The fourth-order valence-corrected chi connectivity index (χ4v) is 1.97. The first-order valence-corrected chi connectivity index (χ1v) is 6.17. The molecule has 0 unspecified atom stereocenters. The number of aromatic nitrogens is 1. The van der Waals surface area contributed by atoms with Crippen LogP contribution in [-0.2, 0) is 6.18 Å². The highest BCUT2D eigenvalue weighted by Gasteiger charge is 2.36. The lowest BCUT2D eigenvalue weighted by Crippen LogP contribution is -2.08. The first-order chi connectivity index (χ1) is 9.81. The number of hydrogen-bond acceptors (Lipinski definition) is 3. The van der Waals surface area contributed by atoms with Crippen LogP contribution >= 0.6 is 23.2 Å². The van der Waals surface area contributed by atoms with Gasteiger partial charge in [-0.05, 0) is 24.3 Å². The molecule has 2 aromatic rings. The normalized spacial score (nSPS) is 11.0. The fraction of sp³-hybridized carbons (Fsp3) is 0.0769. The van der Waals surface area contributed by atoms with Crippen LogP contribution in [0.2, 0.25) is 10.2 Å². The van der Waals surface area contributed by atoms with E-state index in [0.29, 0.717) is 0 Å².